The number of carbonyl (C=O) groups is 2. The zero-order valence-electron chi connectivity index (χ0n) is 12.4. The van der Waals surface area contributed by atoms with Gasteiger partial charge in [0.1, 0.15) is 0 Å². The largest absolute Gasteiger partial charge is 0.481 e. The molecule has 1 saturated heterocycles. The van der Waals surface area contributed by atoms with Crippen LogP contribution in [-0.2, 0) is 9.53 Å². The van der Waals surface area contributed by atoms with Gasteiger partial charge in [0.15, 0.2) is 0 Å². The quantitative estimate of drug-likeness (QED) is 0.748. The van der Waals surface area contributed by atoms with Gasteiger partial charge in [0.05, 0.1) is 19.1 Å². The zero-order chi connectivity index (χ0) is 15.0. The number of carboxylic acids is 1. The van der Waals surface area contributed by atoms with E-state index < -0.39 is 5.97 Å². The molecule has 116 valence electrons. The maximum atomic E-state index is 12.0. The molecule has 0 spiro atoms. The molecular formula is C14H26N2O4. The van der Waals surface area contributed by atoms with Gasteiger partial charge in [0.2, 0.25) is 0 Å². The summed E-state index contributed by atoms with van der Waals surface area (Å²) < 4.78 is 5.51. The molecule has 2 N–H and O–H groups in total. The fourth-order valence-corrected chi connectivity index (χ4v) is 2.30. The van der Waals surface area contributed by atoms with E-state index in [4.69, 9.17) is 9.84 Å². The third-order valence-electron chi connectivity index (χ3n) is 3.71. The summed E-state index contributed by atoms with van der Waals surface area (Å²) in [4.78, 5) is 24.2. The summed E-state index contributed by atoms with van der Waals surface area (Å²) >= 11 is 0. The van der Waals surface area contributed by atoms with Gasteiger partial charge < -0.3 is 20.1 Å². The van der Waals surface area contributed by atoms with Gasteiger partial charge in [-0.1, -0.05) is 13.8 Å². The first kappa shape index (κ1) is 16.8. The van der Waals surface area contributed by atoms with Crippen molar-refractivity contribution in [2.75, 3.05) is 19.7 Å². The lowest BCUT2D eigenvalue weighted by atomic mass is 10.1. The Morgan fingerprint density at radius 2 is 1.90 bits per heavy atom. The van der Waals surface area contributed by atoms with E-state index in [0.29, 0.717) is 13.1 Å². The Hall–Kier alpha value is -1.30. The van der Waals surface area contributed by atoms with Crippen LogP contribution in [0.1, 0.15) is 46.0 Å². The molecule has 6 nitrogen and oxygen atoms in total. The Bertz CT molecular complexity index is 310. The number of nitrogens with one attached hydrogen (secondary N) is 1. The van der Waals surface area contributed by atoms with Crippen molar-refractivity contribution >= 4 is 12.0 Å². The van der Waals surface area contributed by atoms with Crippen molar-refractivity contribution in [2.45, 2.75) is 58.1 Å². The molecule has 0 radical (unpaired) electrons. The Balaban J connectivity index is 2.24. The number of amides is 2. The smallest absolute Gasteiger partial charge is 0.317 e. The summed E-state index contributed by atoms with van der Waals surface area (Å²) in [6, 6.07) is 0.245. The second-order valence-corrected chi connectivity index (χ2v) is 5.16. The third-order valence-corrected chi connectivity index (χ3v) is 3.71. The molecule has 1 fully saturated rings. The van der Waals surface area contributed by atoms with Gasteiger partial charge in [-0.05, 0) is 25.7 Å². The van der Waals surface area contributed by atoms with Gasteiger partial charge in [-0.3, -0.25) is 4.79 Å². The molecule has 20 heavy (non-hydrogen) atoms. The lowest BCUT2D eigenvalue weighted by Crippen LogP contribution is -2.48. The monoisotopic (exact) mass is 286 g/mol. The van der Waals surface area contributed by atoms with E-state index in [9.17, 15) is 9.59 Å². The van der Waals surface area contributed by atoms with Gasteiger partial charge in [0.25, 0.3) is 0 Å². The highest BCUT2D eigenvalue weighted by atomic mass is 16.5. The molecule has 0 aromatic rings. The zero-order valence-corrected chi connectivity index (χ0v) is 12.4. The summed E-state index contributed by atoms with van der Waals surface area (Å²) in [6.07, 6.45) is 3.54. The number of piperidine rings is 1. The molecule has 1 heterocycles. The second-order valence-electron chi connectivity index (χ2n) is 5.16. The van der Waals surface area contributed by atoms with Crippen molar-refractivity contribution in [3.8, 4) is 0 Å². The molecule has 2 amide bonds. The molecule has 0 bridgehead atoms. The van der Waals surface area contributed by atoms with Crippen LogP contribution in [0.15, 0.2) is 0 Å². The minimum Gasteiger partial charge on any atom is -0.481 e. The molecule has 6 heteroatoms. The normalized spacial score (nSPS) is 16.4. The van der Waals surface area contributed by atoms with Crippen LogP contribution >= 0.6 is 0 Å². The van der Waals surface area contributed by atoms with E-state index >= 15 is 0 Å². The fraction of sp³-hybridized carbons (Fsp3) is 0.857. The average Bonchev–Trinajstić information content (AvgIpc) is 2.44. The lowest BCUT2D eigenvalue weighted by molar-refractivity contribution is -0.138. The molecule has 0 atom stereocenters. The highest BCUT2D eigenvalue weighted by Gasteiger charge is 2.24. The Morgan fingerprint density at radius 3 is 2.40 bits per heavy atom. The number of aliphatic carboxylic acids is 1. The van der Waals surface area contributed by atoms with Crippen molar-refractivity contribution in [1.82, 2.24) is 10.2 Å². The maximum Gasteiger partial charge on any atom is 0.317 e. The molecule has 0 unspecified atom stereocenters. The number of hydrogen-bond acceptors (Lipinski definition) is 3. The molecular weight excluding hydrogens is 260 g/mol. The maximum absolute atomic E-state index is 12.0. The van der Waals surface area contributed by atoms with Crippen LogP contribution in [0.2, 0.25) is 0 Å². The highest BCUT2D eigenvalue weighted by Crippen LogP contribution is 2.14. The van der Waals surface area contributed by atoms with E-state index in [2.05, 4.69) is 19.2 Å². The number of carboxylic acid groups (broad SMARTS) is 1. The van der Waals surface area contributed by atoms with E-state index in [1.54, 1.807) is 0 Å². The van der Waals surface area contributed by atoms with Crippen LogP contribution in [0.4, 0.5) is 4.79 Å². The number of likely N-dealkylation sites (tertiary alicyclic amines) is 1. The number of ether oxygens (including phenoxy) is 1. The lowest BCUT2D eigenvalue weighted by Gasteiger charge is -2.33. The first-order chi connectivity index (χ1) is 9.56. The van der Waals surface area contributed by atoms with Gasteiger partial charge >= 0.3 is 12.0 Å². The average molecular weight is 286 g/mol. The van der Waals surface area contributed by atoms with Crippen LogP contribution in [0.5, 0.6) is 0 Å². The fourth-order valence-electron chi connectivity index (χ4n) is 2.30. The van der Waals surface area contributed by atoms with Crippen LogP contribution < -0.4 is 5.32 Å². The van der Waals surface area contributed by atoms with Crippen molar-refractivity contribution in [3.05, 3.63) is 0 Å². The Morgan fingerprint density at radius 1 is 1.30 bits per heavy atom. The highest BCUT2D eigenvalue weighted by molar-refractivity contribution is 5.74. The number of rotatable bonds is 7. The minimum absolute atomic E-state index is 0.00249. The van der Waals surface area contributed by atoms with Gasteiger partial charge in [-0.15, -0.1) is 0 Å². The van der Waals surface area contributed by atoms with E-state index in [1.165, 1.54) is 0 Å². The van der Waals surface area contributed by atoms with E-state index in [-0.39, 0.29) is 31.2 Å². The predicted molar refractivity (Wildman–Crippen MR) is 75.7 cm³/mol. The van der Waals surface area contributed by atoms with Gasteiger partial charge in [0, 0.05) is 19.1 Å². The Labute approximate surface area is 120 Å². The van der Waals surface area contributed by atoms with Crippen LogP contribution in [0, 0.1) is 0 Å². The molecule has 0 aliphatic carbocycles. The third kappa shape index (κ3) is 5.77. The van der Waals surface area contributed by atoms with Gasteiger partial charge in [-0.2, -0.15) is 0 Å². The molecule has 1 aliphatic heterocycles. The Kier molecular flexibility index (Phi) is 7.36. The van der Waals surface area contributed by atoms with Crippen LogP contribution in [0.25, 0.3) is 0 Å². The topological polar surface area (TPSA) is 78.9 Å². The summed E-state index contributed by atoms with van der Waals surface area (Å²) in [5.74, 6) is -0.841. The van der Waals surface area contributed by atoms with Crippen LogP contribution in [0.3, 0.4) is 0 Å². The standard InChI is InChI=1S/C14H26N2O4/c1-3-11(4-2)15-14(19)16-8-5-12(6-9-16)20-10-7-13(17)18/h11-12H,3-10H2,1-2H3,(H,15,19)(H,17,18). The molecule has 0 aromatic heterocycles. The summed E-state index contributed by atoms with van der Waals surface area (Å²) in [6.45, 7) is 5.72. The van der Waals surface area contributed by atoms with Crippen molar-refractivity contribution < 1.29 is 19.4 Å². The molecule has 0 aromatic carbocycles. The molecule has 0 saturated carbocycles. The predicted octanol–water partition coefficient (Wildman–Crippen LogP) is 1.84. The van der Waals surface area contributed by atoms with Crippen molar-refractivity contribution in [1.29, 1.82) is 0 Å². The number of hydrogen-bond donors (Lipinski definition) is 2. The van der Waals surface area contributed by atoms with Crippen LogP contribution in [-0.4, -0.2) is 53.8 Å². The van der Waals surface area contributed by atoms with Crippen molar-refractivity contribution in [2.24, 2.45) is 0 Å². The summed E-state index contributed by atoms with van der Waals surface area (Å²) in [7, 11) is 0. The minimum atomic E-state index is -0.841. The number of carbonyl (C=O) groups excluding carboxylic acids is 1. The number of urea groups is 1. The number of nitrogens with zero attached hydrogens (tertiary/aromatic N) is 1. The summed E-state index contributed by atoms with van der Waals surface area (Å²) in [5, 5.41) is 11.6. The first-order valence-electron chi connectivity index (χ1n) is 7.45. The summed E-state index contributed by atoms with van der Waals surface area (Å²) in [5.41, 5.74) is 0. The van der Waals surface area contributed by atoms with E-state index in [1.807, 2.05) is 4.90 Å². The molecule has 1 rings (SSSR count). The van der Waals surface area contributed by atoms with E-state index in [0.717, 1.165) is 25.7 Å². The second kappa shape index (κ2) is 8.79. The SMILES string of the molecule is CCC(CC)NC(=O)N1CCC(OCCC(=O)O)CC1. The molecule has 1 aliphatic rings. The van der Waals surface area contributed by atoms with Crippen molar-refractivity contribution in [3.63, 3.8) is 0 Å². The first-order valence-corrected chi connectivity index (χ1v) is 7.45. The van der Waals surface area contributed by atoms with Gasteiger partial charge in [-0.25, -0.2) is 4.79 Å².